The van der Waals surface area contributed by atoms with Crippen LogP contribution in [0.2, 0.25) is 0 Å². The summed E-state index contributed by atoms with van der Waals surface area (Å²) in [6, 6.07) is 16.3. The lowest BCUT2D eigenvalue weighted by Crippen LogP contribution is -2.40. The van der Waals surface area contributed by atoms with Crippen molar-refractivity contribution in [2.24, 2.45) is 5.73 Å². The number of aliphatic hydroxyl groups is 1. The number of primary amides is 1. The van der Waals surface area contributed by atoms with E-state index in [-0.39, 0.29) is 30.9 Å². The Hall–Kier alpha value is -5.29. The molecule has 0 radical (unpaired) electrons. The summed E-state index contributed by atoms with van der Waals surface area (Å²) in [6.45, 7) is 6.98. The third-order valence-corrected chi connectivity index (χ3v) is 8.38. The van der Waals surface area contributed by atoms with E-state index < -0.39 is 22.7 Å². The van der Waals surface area contributed by atoms with Gasteiger partial charge in [-0.2, -0.15) is 0 Å². The molecule has 0 bridgehead atoms. The van der Waals surface area contributed by atoms with Crippen LogP contribution in [0.4, 0.5) is 16.0 Å². The number of ether oxygens (including phenoxy) is 1. The number of hydrogen-bond acceptors (Lipinski definition) is 9. The van der Waals surface area contributed by atoms with Crippen molar-refractivity contribution in [3.63, 3.8) is 0 Å². The van der Waals surface area contributed by atoms with Crippen molar-refractivity contribution in [3.8, 4) is 17.0 Å². The SMILES string of the molecule is Cc1cc(C)nc(Nc2cc(C(=O)CC[C@](C)(O)c3cc4c(c(-c5ccc(F)cc5)n3)OC[C@]4(C)C(N)=O)cc3cccnc23)n1. The molecule has 0 aliphatic carbocycles. The number of hydrogen-bond donors (Lipinski definition) is 3. The molecule has 1 aliphatic rings. The Morgan fingerprint density at radius 3 is 2.48 bits per heavy atom. The molecule has 11 heteroatoms. The van der Waals surface area contributed by atoms with Crippen LogP contribution in [0.3, 0.4) is 0 Å². The Balaban J connectivity index is 1.32. The van der Waals surface area contributed by atoms with Crippen LogP contribution in [-0.2, 0) is 15.8 Å². The first-order valence-corrected chi connectivity index (χ1v) is 14.8. The summed E-state index contributed by atoms with van der Waals surface area (Å²) in [5.74, 6) is -0.482. The number of aromatic nitrogens is 4. The molecule has 10 nitrogen and oxygen atoms in total. The van der Waals surface area contributed by atoms with Crippen molar-refractivity contribution in [2.45, 2.75) is 51.6 Å². The Bertz CT molecular complexity index is 1990. The van der Waals surface area contributed by atoms with Gasteiger partial charge in [-0.3, -0.25) is 14.6 Å². The van der Waals surface area contributed by atoms with Crippen LogP contribution in [0, 0.1) is 19.7 Å². The maximum atomic E-state index is 13.7. The second-order valence-corrected chi connectivity index (χ2v) is 12.1. The molecule has 5 aromatic rings. The quantitative estimate of drug-likeness (QED) is 0.179. The second-order valence-electron chi connectivity index (χ2n) is 12.1. The van der Waals surface area contributed by atoms with Gasteiger partial charge in [-0.15, -0.1) is 0 Å². The molecule has 3 aromatic heterocycles. The summed E-state index contributed by atoms with van der Waals surface area (Å²) in [6.07, 6.45) is 1.67. The minimum absolute atomic E-state index is 0.00201. The highest BCUT2D eigenvalue weighted by molar-refractivity contribution is 6.03. The van der Waals surface area contributed by atoms with Gasteiger partial charge in [0.15, 0.2) is 5.78 Å². The van der Waals surface area contributed by atoms with Gasteiger partial charge in [-0.25, -0.2) is 19.3 Å². The lowest BCUT2D eigenvalue weighted by atomic mass is 9.81. The van der Waals surface area contributed by atoms with Crippen LogP contribution >= 0.6 is 0 Å². The monoisotopic (exact) mass is 620 g/mol. The number of carbonyl (C=O) groups excluding carboxylic acids is 2. The summed E-state index contributed by atoms with van der Waals surface area (Å²) in [4.78, 5) is 44.3. The largest absolute Gasteiger partial charge is 0.489 e. The van der Waals surface area contributed by atoms with E-state index in [0.29, 0.717) is 45.3 Å². The number of nitrogens with two attached hydrogens (primary N) is 1. The molecule has 1 aliphatic heterocycles. The minimum Gasteiger partial charge on any atom is -0.489 e. The van der Waals surface area contributed by atoms with E-state index in [1.54, 1.807) is 56.4 Å². The number of rotatable bonds is 9. The van der Waals surface area contributed by atoms with Crippen LogP contribution in [0.1, 0.15) is 59.7 Å². The van der Waals surface area contributed by atoms with E-state index in [0.717, 1.165) is 16.8 Å². The normalized spacial score (nSPS) is 16.8. The average Bonchev–Trinajstić information content (AvgIpc) is 3.37. The van der Waals surface area contributed by atoms with Crippen LogP contribution in [-0.4, -0.2) is 43.3 Å². The number of halogens is 1. The van der Waals surface area contributed by atoms with Gasteiger partial charge in [0.25, 0.3) is 0 Å². The maximum Gasteiger partial charge on any atom is 0.231 e. The zero-order chi connectivity index (χ0) is 32.8. The number of aryl methyl sites for hydroxylation is 2. The maximum absolute atomic E-state index is 13.7. The Morgan fingerprint density at radius 2 is 1.78 bits per heavy atom. The highest BCUT2D eigenvalue weighted by atomic mass is 19.1. The molecule has 234 valence electrons. The minimum atomic E-state index is -1.59. The van der Waals surface area contributed by atoms with Gasteiger partial charge in [0.05, 0.1) is 16.9 Å². The molecule has 0 unspecified atom stereocenters. The molecule has 46 heavy (non-hydrogen) atoms. The van der Waals surface area contributed by atoms with Crippen molar-refractivity contribution in [1.82, 2.24) is 19.9 Å². The number of benzene rings is 2. The molecule has 0 fully saturated rings. The van der Waals surface area contributed by atoms with Gasteiger partial charge in [0.1, 0.15) is 34.9 Å². The Morgan fingerprint density at radius 1 is 1.07 bits per heavy atom. The Labute approximate surface area is 264 Å². The summed E-state index contributed by atoms with van der Waals surface area (Å²) in [5, 5.41) is 15.7. The van der Waals surface area contributed by atoms with E-state index in [2.05, 4.69) is 20.3 Å². The number of ketones is 1. The lowest BCUT2D eigenvalue weighted by molar-refractivity contribution is -0.123. The second kappa shape index (κ2) is 11.6. The van der Waals surface area contributed by atoms with E-state index >= 15 is 0 Å². The number of pyridine rings is 2. The average molecular weight is 621 g/mol. The highest BCUT2D eigenvalue weighted by Crippen LogP contribution is 2.46. The van der Waals surface area contributed by atoms with Crippen LogP contribution in [0.25, 0.3) is 22.2 Å². The van der Waals surface area contributed by atoms with E-state index in [9.17, 15) is 19.1 Å². The fourth-order valence-electron chi connectivity index (χ4n) is 5.65. The van der Waals surface area contributed by atoms with Crippen molar-refractivity contribution in [1.29, 1.82) is 0 Å². The molecular formula is C35H33FN6O4. The Kier molecular flexibility index (Phi) is 7.73. The van der Waals surface area contributed by atoms with Gasteiger partial charge in [0, 0.05) is 46.1 Å². The molecule has 4 heterocycles. The number of fused-ring (bicyclic) bond motifs is 2. The topological polar surface area (TPSA) is 153 Å². The van der Waals surface area contributed by atoms with E-state index in [4.69, 9.17) is 15.5 Å². The number of nitrogens with zero attached hydrogens (tertiary/aromatic N) is 4. The van der Waals surface area contributed by atoms with Gasteiger partial charge >= 0.3 is 0 Å². The van der Waals surface area contributed by atoms with Crippen LogP contribution < -0.4 is 15.8 Å². The summed E-state index contributed by atoms with van der Waals surface area (Å²) in [5.41, 5.74) is 7.86. The van der Waals surface area contributed by atoms with Gasteiger partial charge in [-0.1, -0.05) is 6.07 Å². The number of nitrogens with one attached hydrogen (secondary N) is 1. The molecule has 2 atom stereocenters. The fourth-order valence-corrected chi connectivity index (χ4v) is 5.65. The van der Waals surface area contributed by atoms with Crippen LogP contribution in [0.5, 0.6) is 5.75 Å². The highest BCUT2D eigenvalue weighted by Gasteiger charge is 2.45. The molecule has 0 saturated carbocycles. The molecule has 1 amide bonds. The number of Topliss-reactive ketones (excluding diaryl/α,β-unsaturated/α-hetero) is 1. The third-order valence-electron chi connectivity index (χ3n) is 8.38. The summed E-state index contributed by atoms with van der Waals surface area (Å²) >= 11 is 0. The van der Waals surface area contributed by atoms with E-state index in [1.807, 2.05) is 26.0 Å². The molecular weight excluding hydrogens is 587 g/mol. The van der Waals surface area contributed by atoms with Crippen molar-refractivity contribution < 1.29 is 23.8 Å². The molecule has 4 N–H and O–H groups in total. The third kappa shape index (κ3) is 5.77. The summed E-state index contributed by atoms with van der Waals surface area (Å²) < 4.78 is 19.6. The first kappa shape index (κ1) is 30.7. The fraction of sp³-hybridized carbons (Fsp3) is 0.257. The first-order chi connectivity index (χ1) is 21.8. The predicted octanol–water partition coefficient (Wildman–Crippen LogP) is 5.59. The predicted molar refractivity (Wildman–Crippen MR) is 171 cm³/mol. The summed E-state index contributed by atoms with van der Waals surface area (Å²) in [7, 11) is 0. The molecule has 6 rings (SSSR count). The molecule has 2 aromatic carbocycles. The van der Waals surface area contributed by atoms with Crippen molar-refractivity contribution >= 4 is 34.2 Å². The molecule has 0 spiro atoms. The zero-order valence-corrected chi connectivity index (χ0v) is 25.9. The van der Waals surface area contributed by atoms with Crippen molar-refractivity contribution in [2.75, 3.05) is 11.9 Å². The number of amides is 1. The zero-order valence-electron chi connectivity index (χ0n) is 25.9. The standard InChI is InChI=1S/C35H33FN6O4/c1-19-14-20(2)40-33(39-19)41-26-16-23(15-22-6-5-13-38-29(22)26)27(43)11-12-35(4,45)28-17-25-31(46-18-34(25,3)32(37)44)30(42-28)21-7-9-24(36)10-8-21/h5-10,13-17,45H,11-12,18H2,1-4H3,(H2,37,44)(H,39,40,41)/t34-,35-/m0/s1. The van der Waals surface area contributed by atoms with E-state index in [1.165, 1.54) is 12.1 Å². The number of anilines is 2. The number of carbonyl (C=O) groups is 2. The van der Waals surface area contributed by atoms with Crippen LogP contribution in [0.15, 0.2) is 66.9 Å². The van der Waals surface area contributed by atoms with Crippen molar-refractivity contribution in [3.05, 3.63) is 101 Å². The smallest absolute Gasteiger partial charge is 0.231 e. The van der Waals surface area contributed by atoms with Gasteiger partial charge in [0.2, 0.25) is 11.9 Å². The molecule has 0 saturated heterocycles. The van der Waals surface area contributed by atoms with Gasteiger partial charge < -0.3 is 20.9 Å². The first-order valence-electron chi connectivity index (χ1n) is 14.8. The van der Waals surface area contributed by atoms with Gasteiger partial charge in [-0.05, 0) is 88.7 Å². The lowest BCUT2D eigenvalue weighted by Gasteiger charge is -2.26.